The first kappa shape index (κ1) is 23.0. The van der Waals surface area contributed by atoms with E-state index in [2.05, 4.69) is 16.0 Å². The number of halogens is 2. The molecule has 27 heavy (non-hydrogen) atoms. The molecule has 1 unspecified atom stereocenters. The van der Waals surface area contributed by atoms with Gasteiger partial charge >= 0.3 is 0 Å². The van der Waals surface area contributed by atoms with Gasteiger partial charge in [-0.25, -0.2) is 0 Å². The van der Waals surface area contributed by atoms with Crippen molar-refractivity contribution in [2.45, 2.75) is 19.4 Å². The molecule has 0 aliphatic rings. The third-order valence-corrected chi connectivity index (χ3v) is 4.11. The topological polar surface area (TPSA) is 70.2 Å². The van der Waals surface area contributed by atoms with Crippen molar-refractivity contribution < 1.29 is 9.59 Å². The summed E-state index contributed by atoms with van der Waals surface area (Å²) < 4.78 is 0. The van der Waals surface area contributed by atoms with Crippen LogP contribution >= 0.6 is 24.0 Å². The van der Waals surface area contributed by atoms with Crippen molar-refractivity contribution in [1.82, 2.24) is 16.0 Å². The van der Waals surface area contributed by atoms with Gasteiger partial charge in [0.05, 0.1) is 0 Å². The van der Waals surface area contributed by atoms with E-state index in [1.54, 1.807) is 24.3 Å². The maximum atomic E-state index is 12.6. The molecule has 1 atom stereocenters. The molecule has 2 amide bonds. The fourth-order valence-corrected chi connectivity index (χ4v) is 2.60. The lowest BCUT2D eigenvalue weighted by Gasteiger charge is -2.19. The Hall–Kier alpha value is -2.08. The molecular weight excluding hydrogens is 385 g/mol. The molecule has 5 nitrogen and oxygen atoms in total. The predicted octanol–water partition coefficient (Wildman–Crippen LogP) is 2.83. The van der Waals surface area contributed by atoms with Crippen LogP contribution < -0.4 is 16.0 Å². The number of benzene rings is 2. The second-order valence-corrected chi connectivity index (χ2v) is 6.30. The van der Waals surface area contributed by atoms with Crippen LogP contribution in [0.15, 0.2) is 54.6 Å². The van der Waals surface area contributed by atoms with E-state index in [0.29, 0.717) is 30.1 Å². The standard InChI is InChI=1S/C20H24ClN3O2.ClH/c1-2-22-12-13-23-20(26)18(14-15-6-4-3-5-7-15)24-19(25)16-8-10-17(21)11-9-16;/h3-11,18,22H,2,12-14H2,1H3,(H,23,26)(H,24,25);1H. The summed E-state index contributed by atoms with van der Waals surface area (Å²) in [5.74, 6) is -0.501. The van der Waals surface area contributed by atoms with Gasteiger partial charge in [0.25, 0.3) is 5.91 Å². The van der Waals surface area contributed by atoms with E-state index in [-0.39, 0.29) is 24.2 Å². The minimum absolute atomic E-state index is 0. The van der Waals surface area contributed by atoms with Crippen LogP contribution in [-0.2, 0) is 11.2 Å². The Morgan fingerprint density at radius 3 is 2.30 bits per heavy atom. The Kier molecular flexibility index (Phi) is 10.5. The highest BCUT2D eigenvalue weighted by Crippen LogP contribution is 2.10. The van der Waals surface area contributed by atoms with Crippen LogP contribution in [0, 0.1) is 0 Å². The molecule has 0 fully saturated rings. The first-order valence-corrected chi connectivity index (χ1v) is 9.06. The molecule has 0 radical (unpaired) electrons. The minimum atomic E-state index is -0.651. The summed E-state index contributed by atoms with van der Waals surface area (Å²) in [7, 11) is 0. The normalized spacial score (nSPS) is 11.2. The highest BCUT2D eigenvalue weighted by Gasteiger charge is 2.21. The molecular formula is C20H25Cl2N3O2. The van der Waals surface area contributed by atoms with Gasteiger partial charge in [-0.05, 0) is 36.4 Å². The van der Waals surface area contributed by atoms with Gasteiger partial charge < -0.3 is 16.0 Å². The average molecular weight is 410 g/mol. The molecule has 0 bridgehead atoms. The number of nitrogens with one attached hydrogen (secondary N) is 3. The highest BCUT2D eigenvalue weighted by molar-refractivity contribution is 6.30. The third-order valence-electron chi connectivity index (χ3n) is 3.86. The summed E-state index contributed by atoms with van der Waals surface area (Å²) in [6, 6.07) is 15.6. The van der Waals surface area contributed by atoms with Crippen molar-refractivity contribution in [2.24, 2.45) is 0 Å². The molecule has 2 rings (SSSR count). The molecule has 2 aromatic carbocycles. The molecule has 0 saturated carbocycles. The SMILES string of the molecule is CCNCCNC(=O)C(Cc1ccccc1)NC(=O)c1ccc(Cl)cc1.Cl. The van der Waals surface area contributed by atoms with Crippen LogP contribution in [0.1, 0.15) is 22.8 Å². The van der Waals surface area contributed by atoms with E-state index in [0.717, 1.165) is 12.1 Å². The fourth-order valence-electron chi connectivity index (χ4n) is 2.48. The number of carbonyl (C=O) groups excluding carboxylic acids is 2. The zero-order chi connectivity index (χ0) is 18.8. The molecule has 146 valence electrons. The van der Waals surface area contributed by atoms with Crippen molar-refractivity contribution in [2.75, 3.05) is 19.6 Å². The van der Waals surface area contributed by atoms with Gasteiger partial charge in [-0.2, -0.15) is 0 Å². The van der Waals surface area contributed by atoms with Crippen molar-refractivity contribution in [1.29, 1.82) is 0 Å². The van der Waals surface area contributed by atoms with Crippen molar-refractivity contribution in [3.63, 3.8) is 0 Å². The Balaban J connectivity index is 0.00000364. The molecule has 7 heteroatoms. The lowest BCUT2D eigenvalue weighted by molar-refractivity contribution is -0.122. The maximum Gasteiger partial charge on any atom is 0.251 e. The Bertz CT molecular complexity index is 709. The number of hydrogen-bond donors (Lipinski definition) is 3. The van der Waals surface area contributed by atoms with Gasteiger partial charge in [0.15, 0.2) is 0 Å². The number of hydrogen-bond acceptors (Lipinski definition) is 3. The summed E-state index contributed by atoms with van der Waals surface area (Å²) in [5, 5.41) is 9.40. The summed E-state index contributed by atoms with van der Waals surface area (Å²) in [6.45, 7) is 4.04. The third kappa shape index (κ3) is 7.99. The van der Waals surface area contributed by atoms with Crippen molar-refractivity contribution in [3.8, 4) is 0 Å². The number of amides is 2. The lowest BCUT2D eigenvalue weighted by atomic mass is 10.0. The molecule has 2 aromatic rings. The van der Waals surface area contributed by atoms with E-state index >= 15 is 0 Å². The second kappa shape index (κ2) is 12.3. The second-order valence-electron chi connectivity index (χ2n) is 5.87. The summed E-state index contributed by atoms with van der Waals surface area (Å²) in [6.07, 6.45) is 0.424. The van der Waals surface area contributed by atoms with Crippen LogP contribution in [0.4, 0.5) is 0 Å². The first-order valence-electron chi connectivity index (χ1n) is 8.69. The van der Waals surface area contributed by atoms with Crippen LogP contribution in [0.3, 0.4) is 0 Å². The molecule has 0 saturated heterocycles. The molecule has 0 aliphatic heterocycles. The molecule has 0 aliphatic carbocycles. The van der Waals surface area contributed by atoms with Gasteiger partial charge in [-0.3, -0.25) is 9.59 Å². The van der Waals surface area contributed by atoms with Crippen LogP contribution in [0.25, 0.3) is 0 Å². The highest BCUT2D eigenvalue weighted by atomic mass is 35.5. The molecule has 0 spiro atoms. The van der Waals surface area contributed by atoms with E-state index in [1.165, 1.54) is 0 Å². The van der Waals surface area contributed by atoms with E-state index in [4.69, 9.17) is 11.6 Å². The first-order chi connectivity index (χ1) is 12.6. The maximum absolute atomic E-state index is 12.6. The number of rotatable bonds is 9. The van der Waals surface area contributed by atoms with E-state index in [9.17, 15) is 9.59 Å². The van der Waals surface area contributed by atoms with Gasteiger partial charge in [-0.1, -0.05) is 48.9 Å². The largest absolute Gasteiger partial charge is 0.353 e. The minimum Gasteiger partial charge on any atom is -0.353 e. The van der Waals surface area contributed by atoms with E-state index in [1.807, 2.05) is 37.3 Å². The predicted molar refractivity (Wildman–Crippen MR) is 112 cm³/mol. The average Bonchev–Trinajstić information content (AvgIpc) is 2.66. The Morgan fingerprint density at radius 2 is 1.67 bits per heavy atom. The number of carbonyl (C=O) groups is 2. The van der Waals surface area contributed by atoms with Crippen molar-refractivity contribution >= 4 is 35.8 Å². The summed E-state index contributed by atoms with van der Waals surface area (Å²) >= 11 is 5.86. The van der Waals surface area contributed by atoms with Gasteiger partial charge in [0.1, 0.15) is 6.04 Å². The number of likely N-dealkylation sites (N-methyl/N-ethyl adjacent to an activating group) is 1. The van der Waals surface area contributed by atoms with Crippen LogP contribution in [0.5, 0.6) is 0 Å². The molecule has 0 heterocycles. The molecule has 0 aromatic heterocycles. The summed E-state index contributed by atoms with van der Waals surface area (Å²) in [4.78, 5) is 25.0. The van der Waals surface area contributed by atoms with E-state index < -0.39 is 6.04 Å². The Labute approximate surface area is 171 Å². The van der Waals surface area contributed by atoms with Gasteiger partial charge in [0.2, 0.25) is 5.91 Å². The van der Waals surface area contributed by atoms with Gasteiger partial charge in [0, 0.05) is 30.1 Å². The van der Waals surface area contributed by atoms with Crippen LogP contribution in [-0.4, -0.2) is 37.5 Å². The van der Waals surface area contributed by atoms with Gasteiger partial charge in [-0.15, -0.1) is 12.4 Å². The van der Waals surface area contributed by atoms with Crippen molar-refractivity contribution in [3.05, 3.63) is 70.7 Å². The lowest BCUT2D eigenvalue weighted by Crippen LogP contribution is -2.49. The fraction of sp³-hybridized carbons (Fsp3) is 0.300. The quantitative estimate of drug-likeness (QED) is 0.557. The smallest absolute Gasteiger partial charge is 0.251 e. The monoisotopic (exact) mass is 409 g/mol. The zero-order valence-electron chi connectivity index (χ0n) is 15.2. The van der Waals surface area contributed by atoms with Crippen LogP contribution in [0.2, 0.25) is 5.02 Å². The zero-order valence-corrected chi connectivity index (χ0v) is 16.8. The molecule has 3 N–H and O–H groups in total. The summed E-state index contributed by atoms with van der Waals surface area (Å²) in [5.41, 5.74) is 1.45. The Morgan fingerprint density at radius 1 is 1.00 bits per heavy atom.